The molecule has 1 heterocycles. The summed E-state index contributed by atoms with van der Waals surface area (Å²) in [6, 6.07) is 13.1. The molecule has 2 aromatic rings. The van der Waals surface area contributed by atoms with Crippen molar-refractivity contribution < 1.29 is 18.1 Å². The minimum Gasteiger partial charge on any atom is -0.366 e. The molecule has 3 rings (SSSR count). The van der Waals surface area contributed by atoms with Gasteiger partial charge in [-0.3, -0.25) is 14.9 Å². The lowest BCUT2D eigenvalue weighted by Crippen LogP contribution is -2.38. The van der Waals surface area contributed by atoms with Crippen LogP contribution in [0.3, 0.4) is 0 Å². The third-order valence-corrected chi connectivity index (χ3v) is 6.38. The van der Waals surface area contributed by atoms with E-state index in [-0.39, 0.29) is 22.4 Å². The minimum atomic E-state index is -3.78. The van der Waals surface area contributed by atoms with Gasteiger partial charge in [0.1, 0.15) is 5.69 Å². The molecule has 0 unspecified atom stereocenters. The first-order valence-corrected chi connectivity index (χ1v) is 10.6. The molecule has 1 aliphatic heterocycles. The maximum atomic E-state index is 12.5. The standard InChI is InChI=1S/C19H22N4O5S/c1-20-29(27,28)16-7-8-17(18(13-16)23(25)26)22-11-9-14(10-12-22)19(24)21-15-5-3-2-4-6-15/h2-8,13-14,20H,9-12H2,1H3,(H,21,24). The van der Waals surface area contributed by atoms with Crippen molar-refractivity contribution in [1.29, 1.82) is 0 Å². The Balaban J connectivity index is 1.72. The molecule has 1 amide bonds. The second kappa shape index (κ2) is 8.58. The van der Waals surface area contributed by atoms with Crippen LogP contribution in [0.25, 0.3) is 0 Å². The molecule has 1 fully saturated rings. The van der Waals surface area contributed by atoms with E-state index >= 15 is 0 Å². The molecule has 0 aliphatic carbocycles. The van der Waals surface area contributed by atoms with Gasteiger partial charge in [0.25, 0.3) is 5.69 Å². The second-order valence-electron chi connectivity index (χ2n) is 6.73. The third-order valence-electron chi connectivity index (χ3n) is 4.97. The Morgan fingerprint density at radius 1 is 1.14 bits per heavy atom. The van der Waals surface area contributed by atoms with Crippen LogP contribution in [0.5, 0.6) is 0 Å². The fourth-order valence-corrected chi connectivity index (χ4v) is 4.10. The molecule has 0 bridgehead atoms. The summed E-state index contributed by atoms with van der Waals surface area (Å²) in [7, 11) is -2.53. The van der Waals surface area contributed by atoms with E-state index in [0.29, 0.717) is 31.6 Å². The van der Waals surface area contributed by atoms with E-state index in [9.17, 15) is 23.3 Å². The van der Waals surface area contributed by atoms with E-state index in [1.54, 1.807) is 0 Å². The normalized spacial score (nSPS) is 15.1. The van der Waals surface area contributed by atoms with Crippen molar-refractivity contribution in [3.63, 3.8) is 0 Å². The van der Waals surface area contributed by atoms with Crippen molar-refractivity contribution in [2.24, 2.45) is 5.92 Å². The van der Waals surface area contributed by atoms with Crippen LogP contribution >= 0.6 is 0 Å². The molecule has 0 radical (unpaired) electrons. The molecule has 1 aliphatic rings. The predicted molar refractivity (Wildman–Crippen MR) is 109 cm³/mol. The average Bonchev–Trinajstić information content (AvgIpc) is 2.74. The lowest BCUT2D eigenvalue weighted by molar-refractivity contribution is -0.384. The fraction of sp³-hybridized carbons (Fsp3) is 0.316. The number of piperidine rings is 1. The third kappa shape index (κ3) is 4.72. The van der Waals surface area contributed by atoms with Gasteiger partial charge in [-0.25, -0.2) is 13.1 Å². The molecule has 2 N–H and O–H groups in total. The SMILES string of the molecule is CNS(=O)(=O)c1ccc(N2CCC(C(=O)Nc3ccccc3)CC2)c([N+](=O)[O-])c1. The summed E-state index contributed by atoms with van der Waals surface area (Å²) in [6.45, 7) is 0.928. The molecule has 0 atom stereocenters. The zero-order valence-electron chi connectivity index (χ0n) is 15.9. The number of nitrogens with one attached hydrogen (secondary N) is 2. The second-order valence-corrected chi connectivity index (χ2v) is 8.62. The van der Waals surface area contributed by atoms with Gasteiger partial charge in [0.15, 0.2) is 0 Å². The monoisotopic (exact) mass is 418 g/mol. The number of nitro benzene ring substituents is 1. The highest BCUT2D eigenvalue weighted by atomic mass is 32.2. The van der Waals surface area contributed by atoms with Crippen molar-refractivity contribution in [1.82, 2.24) is 4.72 Å². The van der Waals surface area contributed by atoms with Crippen LogP contribution in [-0.2, 0) is 14.8 Å². The number of amides is 1. The van der Waals surface area contributed by atoms with E-state index in [4.69, 9.17) is 0 Å². The number of rotatable bonds is 6. The van der Waals surface area contributed by atoms with Gasteiger partial charge < -0.3 is 10.2 Å². The number of sulfonamides is 1. The smallest absolute Gasteiger partial charge is 0.293 e. The fourth-order valence-electron chi connectivity index (χ4n) is 3.35. The summed E-state index contributed by atoms with van der Waals surface area (Å²) in [5.41, 5.74) is 0.817. The van der Waals surface area contributed by atoms with Gasteiger partial charge in [-0.1, -0.05) is 18.2 Å². The van der Waals surface area contributed by atoms with E-state index in [1.165, 1.54) is 19.2 Å². The zero-order valence-corrected chi connectivity index (χ0v) is 16.7. The maximum absolute atomic E-state index is 12.5. The molecule has 0 saturated carbocycles. The summed E-state index contributed by atoms with van der Waals surface area (Å²) in [5.74, 6) is -0.254. The molecule has 10 heteroatoms. The van der Waals surface area contributed by atoms with Crippen LogP contribution in [0.4, 0.5) is 17.1 Å². The number of benzene rings is 2. The highest BCUT2D eigenvalue weighted by molar-refractivity contribution is 7.89. The zero-order chi connectivity index (χ0) is 21.0. The predicted octanol–water partition coefficient (Wildman–Crippen LogP) is 2.36. The Morgan fingerprint density at radius 2 is 1.79 bits per heavy atom. The first-order chi connectivity index (χ1) is 13.8. The van der Waals surface area contributed by atoms with Gasteiger partial charge in [0.05, 0.1) is 9.82 Å². The first-order valence-electron chi connectivity index (χ1n) is 9.14. The number of nitro groups is 1. The molecule has 2 aromatic carbocycles. The van der Waals surface area contributed by atoms with Gasteiger partial charge >= 0.3 is 0 Å². The molecule has 1 saturated heterocycles. The summed E-state index contributed by atoms with van der Waals surface area (Å²) in [4.78, 5) is 25.0. The van der Waals surface area contributed by atoms with Crippen LogP contribution in [0.2, 0.25) is 0 Å². The number of hydrogen-bond acceptors (Lipinski definition) is 6. The van der Waals surface area contributed by atoms with Crippen molar-refractivity contribution in [2.45, 2.75) is 17.7 Å². The number of anilines is 2. The molecular formula is C19H22N4O5S. The molecule has 9 nitrogen and oxygen atoms in total. The lowest BCUT2D eigenvalue weighted by atomic mass is 9.95. The first kappa shape index (κ1) is 20.7. The number of hydrogen-bond donors (Lipinski definition) is 2. The Kier molecular flexibility index (Phi) is 6.14. The maximum Gasteiger partial charge on any atom is 0.293 e. The molecular weight excluding hydrogens is 396 g/mol. The van der Waals surface area contributed by atoms with Crippen LogP contribution < -0.4 is 14.9 Å². The van der Waals surface area contributed by atoms with Crippen LogP contribution in [0.1, 0.15) is 12.8 Å². The topological polar surface area (TPSA) is 122 Å². The number of para-hydroxylation sites is 1. The summed E-state index contributed by atoms with van der Waals surface area (Å²) in [5, 5.41) is 14.4. The van der Waals surface area contributed by atoms with Crippen molar-refractivity contribution in [3.05, 3.63) is 58.6 Å². The van der Waals surface area contributed by atoms with Gasteiger partial charge in [-0.2, -0.15) is 0 Å². The van der Waals surface area contributed by atoms with Gasteiger partial charge in [-0.15, -0.1) is 0 Å². The highest BCUT2D eigenvalue weighted by Gasteiger charge is 2.29. The largest absolute Gasteiger partial charge is 0.366 e. The number of carbonyl (C=O) groups is 1. The van der Waals surface area contributed by atoms with Crippen molar-refractivity contribution in [2.75, 3.05) is 30.4 Å². The average molecular weight is 418 g/mol. The Morgan fingerprint density at radius 3 is 2.38 bits per heavy atom. The summed E-state index contributed by atoms with van der Waals surface area (Å²) >= 11 is 0. The van der Waals surface area contributed by atoms with Crippen LogP contribution in [0, 0.1) is 16.0 Å². The van der Waals surface area contributed by atoms with Gasteiger partial charge in [0, 0.05) is 30.8 Å². The Hall–Kier alpha value is -2.98. The Labute approximate surface area is 168 Å². The minimum absolute atomic E-state index is 0.0687. The van der Waals surface area contributed by atoms with Crippen molar-refractivity contribution in [3.8, 4) is 0 Å². The quantitative estimate of drug-likeness (QED) is 0.549. The molecule has 0 aromatic heterocycles. The van der Waals surface area contributed by atoms with E-state index in [1.807, 2.05) is 35.2 Å². The van der Waals surface area contributed by atoms with Crippen molar-refractivity contribution >= 4 is 33.0 Å². The lowest BCUT2D eigenvalue weighted by Gasteiger charge is -2.32. The number of nitrogens with zero attached hydrogens (tertiary/aromatic N) is 2. The Bertz CT molecular complexity index is 1000. The molecule has 0 spiro atoms. The molecule has 29 heavy (non-hydrogen) atoms. The van der Waals surface area contributed by atoms with E-state index < -0.39 is 14.9 Å². The van der Waals surface area contributed by atoms with Crippen LogP contribution in [0.15, 0.2) is 53.4 Å². The number of carbonyl (C=O) groups excluding carboxylic acids is 1. The van der Waals surface area contributed by atoms with E-state index in [0.717, 1.165) is 11.8 Å². The molecule has 154 valence electrons. The van der Waals surface area contributed by atoms with E-state index in [2.05, 4.69) is 10.0 Å². The van der Waals surface area contributed by atoms with Crippen LogP contribution in [-0.4, -0.2) is 39.4 Å². The highest BCUT2D eigenvalue weighted by Crippen LogP contribution is 2.33. The summed E-state index contributed by atoms with van der Waals surface area (Å²) < 4.78 is 26.0. The van der Waals surface area contributed by atoms with Gasteiger partial charge in [-0.05, 0) is 44.2 Å². The summed E-state index contributed by atoms with van der Waals surface area (Å²) in [6.07, 6.45) is 1.10. The van der Waals surface area contributed by atoms with Gasteiger partial charge in [0.2, 0.25) is 15.9 Å².